The number of aliphatic hydroxyl groups is 3. The Bertz CT molecular complexity index is 637. The lowest BCUT2D eigenvalue weighted by molar-refractivity contribution is -0.223. The van der Waals surface area contributed by atoms with E-state index < -0.39 is 18.2 Å². The van der Waals surface area contributed by atoms with E-state index in [0.29, 0.717) is 30.1 Å². The van der Waals surface area contributed by atoms with Gasteiger partial charge < -0.3 is 20.4 Å². The lowest BCUT2D eigenvalue weighted by Gasteiger charge is -2.63. The van der Waals surface area contributed by atoms with Crippen LogP contribution < -0.4 is 0 Å². The van der Waals surface area contributed by atoms with Gasteiger partial charge in [0.25, 0.3) is 0 Å². The average Bonchev–Trinajstić information content (AvgIpc) is 3.02. The van der Waals surface area contributed by atoms with Crippen LogP contribution in [-0.4, -0.2) is 44.7 Å². The molecule has 4 aliphatic rings. The van der Waals surface area contributed by atoms with Crippen molar-refractivity contribution in [3.05, 3.63) is 0 Å². The first-order valence-electron chi connectivity index (χ1n) is 11.9. The van der Waals surface area contributed by atoms with Crippen LogP contribution in [0.5, 0.6) is 0 Å². The third-order valence-electron chi connectivity index (χ3n) is 10.3. The predicted molar refractivity (Wildman–Crippen MR) is 110 cm³/mol. The van der Waals surface area contributed by atoms with Gasteiger partial charge in [-0.25, -0.2) is 0 Å². The molecule has 0 radical (unpaired) electrons. The topological polar surface area (TPSA) is 98.0 Å². The molecule has 11 atom stereocenters. The van der Waals surface area contributed by atoms with Crippen LogP contribution in [0.15, 0.2) is 0 Å². The second-order valence-electron chi connectivity index (χ2n) is 11.5. The normalized spacial score (nSPS) is 52.9. The van der Waals surface area contributed by atoms with Crippen LogP contribution in [0.2, 0.25) is 0 Å². The molecule has 0 aromatic carbocycles. The molecule has 1 unspecified atom stereocenters. The van der Waals surface area contributed by atoms with Gasteiger partial charge in [0.05, 0.1) is 18.3 Å². The third kappa shape index (κ3) is 3.27. The molecule has 0 spiro atoms. The Morgan fingerprint density at radius 2 is 1.59 bits per heavy atom. The van der Waals surface area contributed by atoms with Crippen molar-refractivity contribution in [3.8, 4) is 0 Å². The van der Waals surface area contributed by atoms with Gasteiger partial charge in [0.15, 0.2) is 0 Å². The maximum atomic E-state index is 11.3. The first-order chi connectivity index (χ1) is 13.6. The van der Waals surface area contributed by atoms with Gasteiger partial charge in [-0.1, -0.05) is 20.8 Å². The van der Waals surface area contributed by atoms with Crippen LogP contribution in [0.1, 0.15) is 78.6 Å². The number of fused-ring (bicyclic) bond motifs is 5. The summed E-state index contributed by atoms with van der Waals surface area (Å²) in [5.41, 5.74) is 0.119. The fraction of sp³-hybridized carbons (Fsp3) is 0.958. The van der Waals surface area contributed by atoms with Crippen molar-refractivity contribution in [1.29, 1.82) is 0 Å². The molecule has 4 saturated carbocycles. The Hall–Kier alpha value is -0.650. The molecule has 29 heavy (non-hydrogen) atoms. The summed E-state index contributed by atoms with van der Waals surface area (Å²) in [4.78, 5) is 11.1. The Balaban J connectivity index is 1.59. The quantitative estimate of drug-likeness (QED) is 0.571. The van der Waals surface area contributed by atoms with Gasteiger partial charge in [0, 0.05) is 6.42 Å². The third-order valence-corrected chi connectivity index (χ3v) is 10.3. The molecule has 166 valence electrons. The zero-order chi connectivity index (χ0) is 21.1. The molecule has 5 heteroatoms. The molecule has 0 amide bonds. The van der Waals surface area contributed by atoms with Gasteiger partial charge >= 0.3 is 5.97 Å². The molecule has 0 heterocycles. The van der Waals surface area contributed by atoms with E-state index in [-0.39, 0.29) is 35.2 Å². The molecule has 4 fully saturated rings. The summed E-state index contributed by atoms with van der Waals surface area (Å²) in [6.07, 6.45) is 5.87. The Kier molecular flexibility index (Phi) is 5.57. The van der Waals surface area contributed by atoms with Crippen LogP contribution in [0.4, 0.5) is 0 Å². The molecule has 0 aromatic heterocycles. The number of hydrogen-bond donors (Lipinski definition) is 4. The first-order valence-corrected chi connectivity index (χ1v) is 11.9. The van der Waals surface area contributed by atoms with Gasteiger partial charge in [-0.15, -0.1) is 0 Å². The number of aliphatic carboxylic acids is 1. The summed E-state index contributed by atoms with van der Waals surface area (Å²) >= 11 is 0. The van der Waals surface area contributed by atoms with Gasteiger partial charge in [0.1, 0.15) is 0 Å². The van der Waals surface area contributed by atoms with E-state index >= 15 is 0 Å². The van der Waals surface area contributed by atoms with Gasteiger partial charge in [-0.05, 0) is 97.7 Å². The molecular weight excluding hydrogens is 368 g/mol. The predicted octanol–water partition coefficient (Wildman–Crippen LogP) is 3.45. The van der Waals surface area contributed by atoms with Crippen molar-refractivity contribution in [2.24, 2.45) is 46.3 Å². The molecule has 0 aromatic rings. The summed E-state index contributed by atoms with van der Waals surface area (Å²) in [5.74, 6) is 1.06. The standard InChI is InChI=1S/C24H40O5/c1-13(4-7-19(26)27)15-5-6-16-20-17(9-11-23(15,16)2)24(3)10-8-14(25)12-18(24)21(28)22(20)29/h13-18,20-22,25,28-29H,4-12H2,1-3H3,(H,26,27)/t13-,14-,15?,16+,17+,18+,20+,21-,22+,23-,24-/m1/s1. The van der Waals surface area contributed by atoms with Crippen molar-refractivity contribution >= 4 is 5.97 Å². The smallest absolute Gasteiger partial charge is 0.303 e. The van der Waals surface area contributed by atoms with Crippen molar-refractivity contribution in [2.75, 3.05) is 0 Å². The second kappa shape index (κ2) is 7.49. The summed E-state index contributed by atoms with van der Waals surface area (Å²) in [6, 6.07) is 0. The van der Waals surface area contributed by atoms with Crippen molar-refractivity contribution in [2.45, 2.75) is 96.9 Å². The Labute approximate surface area is 174 Å². The summed E-state index contributed by atoms with van der Waals surface area (Å²) in [7, 11) is 0. The summed E-state index contributed by atoms with van der Waals surface area (Å²) < 4.78 is 0. The highest BCUT2D eigenvalue weighted by atomic mass is 16.4. The minimum atomic E-state index is -0.748. The zero-order valence-corrected chi connectivity index (χ0v) is 18.3. The number of hydrogen-bond acceptors (Lipinski definition) is 4. The number of carboxylic acids is 1. The number of carbonyl (C=O) groups is 1. The molecular formula is C24H40O5. The van der Waals surface area contributed by atoms with E-state index in [9.17, 15) is 20.1 Å². The van der Waals surface area contributed by atoms with E-state index in [0.717, 1.165) is 44.9 Å². The van der Waals surface area contributed by atoms with Crippen molar-refractivity contribution in [3.63, 3.8) is 0 Å². The van der Waals surface area contributed by atoms with E-state index in [1.165, 1.54) is 0 Å². The Morgan fingerprint density at radius 1 is 0.931 bits per heavy atom. The van der Waals surface area contributed by atoms with Gasteiger partial charge in [-0.3, -0.25) is 4.79 Å². The monoisotopic (exact) mass is 408 g/mol. The number of aliphatic hydroxyl groups excluding tert-OH is 3. The Morgan fingerprint density at radius 3 is 2.28 bits per heavy atom. The van der Waals surface area contributed by atoms with Gasteiger partial charge in [-0.2, -0.15) is 0 Å². The largest absolute Gasteiger partial charge is 0.481 e. The van der Waals surface area contributed by atoms with Crippen LogP contribution in [0.3, 0.4) is 0 Å². The zero-order valence-electron chi connectivity index (χ0n) is 18.3. The highest BCUT2D eigenvalue weighted by Crippen LogP contribution is 2.68. The highest BCUT2D eigenvalue weighted by Gasteiger charge is 2.65. The number of rotatable bonds is 4. The second-order valence-corrected chi connectivity index (χ2v) is 11.5. The van der Waals surface area contributed by atoms with E-state index in [4.69, 9.17) is 5.11 Å². The minimum absolute atomic E-state index is 0.00309. The van der Waals surface area contributed by atoms with Crippen LogP contribution in [0.25, 0.3) is 0 Å². The lowest BCUT2D eigenvalue weighted by atomic mass is 9.43. The summed E-state index contributed by atoms with van der Waals surface area (Å²) in [6.45, 7) is 6.89. The fourth-order valence-corrected chi connectivity index (χ4v) is 8.77. The molecule has 0 aliphatic heterocycles. The van der Waals surface area contributed by atoms with Gasteiger partial charge in [0.2, 0.25) is 0 Å². The fourth-order valence-electron chi connectivity index (χ4n) is 8.77. The molecule has 4 rings (SSSR count). The van der Waals surface area contributed by atoms with E-state index in [1.807, 2.05) is 0 Å². The lowest BCUT2D eigenvalue weighted by Crippen LogP contribution is -2.64. The molecule has 0 saturated heterocycles. The van der Waals surface area contributed by atoms with Crippen LogP contribution in [0, 0.1) is 46.3 Å². The average molecular weight is 409 g/mol. The minimum Gasteiger partial charge on any atom is -0.481 e. The van der Waals surface area contributed by atoms with Crippen molar-refractivity contribution < 1.29 is 25.2 Å². The summed E-state index contributed by atoms with van der Waals surface area (Å²) in [5, 5.41) is 41.7. The molecule has 5 nitrogen and oxygen atoms in total. The molecule has 4 N–H and O–H groups in total. The maximum Gasteiger partial charge on any atom is 0.303 e. The van der Waals surface area contributed by atoms with E-state index in [2.05, 4.69) is 20.8 Å². The van der Waals surface area contributed by atoms with Crippen LogP contribution >= 0.6 is 0 Å². The highest BCUT2D eigenvalue weighted by molar-refractivity contribution is 5.66. The van der Waals surface area contributed by atoms with Crippen LogP contribution in [-0.2, 0) is 4.79 Å². The molecule has 0 bridgehead atoms. The van der Waals surface area contributed by atoms with Crippen molar-refractivity contribution in [1.82, 2.24) is 0 Å². The first kappa shape index (κ1) is 21.6. The van der Waals surface area contributed by atoms with E-state index in [1.54, 1.807) is 0 Å². The molecule has 4 aliphatic carbocycles. The maximum absolute atomic E-state index is 11.3. The SMILES string of the molecule is C[C@H](CCC(=O)O)C1CC[C@H]2[C@@H]3[C@H](O)[C@H](O)[C@@H]4C[C@H](O)CC[C@]4(C)[C@H]3CC[C@]12C. The number of carboxylic acid groups (broad SMARTS) is 1.